The van der Waals surface area contributed by atoms with E-state index in [-0.39, 0.29) is 12.6 Å². The zero-order chi connectivity index (χ0) is 14.3. The average molecular weight is 293 g/mol. The number of anilines is 1. The van der Waals surface area contributed by atoms with Crippen LogP contribution in [0.4, 0.5) is 5.82 Å². The van der Waals surface area contributed by atoms with Gasteiger partial charge in [-0.2, -0.15) is 0 Å². The molecule has 20 heavy (non-hydrogen) atoms. The number of fused-ring (bicyclic) bond motifs is 1. The first-order valence-electron chi connectivity index (χ1n) is 6.29. The molecule has 0 aromatic carbocycles. The number of nitrogens with zero attached hydrogens (tertiary/aromatic N) is 2. The Morgan fingerprint density at radius 2 is 2.40 bits per heavy atom. The average Bonchev–Trinajstić information content (AvgIpc) is 2.94. The van der Waals surface area contributed by atoms with E-state index in [2.05, 4.69) is 15.3 Å². The van der Waals surface area contributed by atoms with E-state index in [1.54, 1.807) is 18.3 Å². The molecule has 2 unspecified atom stereocenters. The summed E-state index contributed by atoms with van der Waals surface area (Å²) in [5.41, 5.74) is -0.942. The molecule has 0 amide bonds. The SMILES string of the molecule is Cc1cc2c(NC3COCC3(C)C(=O)O)ncnc2s1. The fourth-order valence-corrected chi connectivity index (χ4v) is 3.19. The van der Waals surface area contributed by atoms with Crippen molar-refractivity contribution in [2.24, 2.45) is 5.41 Å². The largest absolute Gasteiger partial charge is 0.481 e. The Bertz CT molecular complexity index is 672. The molecule has 3 heterocycles. The number of ether oxygens (including phenoxy) is 1. The van der Waals surface area contributed by atoms with Gasteiger partial charge >= 0.3 is 5.97 Å². The fourth-order valence-electron chi connectivity index (χ4n) is 2.34. The van der Waals surface area contributed by atoms with Crippen LogP contribution in [0.2, 0.25) is 0 Å². The molecule has 2 aromatic heterocycles. The molecule has 1 aliphatic rings. The highest BCUT2D eigenvalue weighted by molar-refractivity contribution is 7.18. The van der Waals surface area contributed by atoms with Gasteiger partial charge in [0.2, 0.25) is 0 Å². The topological polar surface area (TPSA) is 84.3 Å². The number of aliphatic carboxylic acids is 1. The highest BCUT2D eigenvalue weighted by Gasteiger charge is 2.47. The van der Waals surface area contributed by atoms with Crippen molar-refractivity contribution in [3.05, 3.63) is 17.3 Å². The monoisotopic (exact) mass is 293 g/mol. The lowest BCUT2D eigenvalue weighted by Crippen LogP contribution is -2.43. The lowest BCUT2D eigenvalue weighted by molar-refractivity contribution is -0.148. The Hall–Kier alpha value is -1.73. The molecular formula is C13H15N3O3S. The summed E-state index contributed by atoms with van der Waals surface area (Å²) in [6.45, 7) is 4.27. The van der Waals surface area contributed by atoms with Gasteiger partial charge in [-0.25, -0.2) is 9.97 Å². The third-order valence-electron chi connectivity index (χ3n) is 3.71. The van der Waals surface area contributed by atoms with Crippen molar-refractivity contribution in [2.75, 3.05) is 18.5 Å². The van der Waals surface area contributed by atoms with Crippen LogP contribution < -0.4 is 5.32 Å². The van der Waals surface area contributed by atoms with Gasteiger partial charge in [0.05, 0.1) is 24.6 Å². The molecular weight excluding hydrogens is 278 g/mol. The summed E-state index contributed by atoms with van der Waals surface area (Å²) in [7, 11) is 0. The molecule has 106 valence electrons. The molecule has 2 N–H and O–H groups in total. The number of hydrogen-bond donors (Lipinski definition) is 2. The summed E-state index contributed by atoms with van der Waals surface area (Å²) in [5.74, 6) is -0.193. The normalized spacial score (nSPS) is 26.0. The van der Waals surface area contributed by atoms with Gasteiger partial charge in [-0.15, -0.1) is 11.3 Å². The van der Waals surface area contributed by atoms with Crippen molar-refractivity contribution in [1.29, 1.82) is 0 Å². The molecule has 1 fully saturated rings. The van der Waals surface area contributed by atoms with E-state index in [0.29, 0.717) is 12.4 Å². The summed E-state index contributed by atoms with van der Waals surface area (Å²) in [6.07, 6.45) is 1.49. The molecule has 7 heteroatoms. The van der Waals surface area contributed by atoms with Gasteiger partial charge < -0.3 is 15.2 Å². The molecule has 2 aromatic rings. The standard InChI is InChI=1S/C13H15N3O3S/c1-7-3-8-10(14-6-15-11(8)20-7)16-9-4-19-5-13(9,2)12(17)18/h3,6,9H,4-5H2,1-2H3,(H,17,18)(H,14,15,16). The molecule has 0 bridgehead atoms. The van der Waals surface area contributed by atoms with Gasteiger partial charge in [-0.1, -0.05) is 0 Å². The Labute approximate surface area is 119 Å². The number of carboxylic acid groups (broad SMARTS) is 1. The van der Waals surface area contributed by atoms with Crippen molar-refractivity contribution in [1.82, 2.24) is 9.97 Å². The van der Waals surface area contributed by atoms with Crippen LogP contribution in [0.3, 0.4) is 0 Å². The predicted molar refractivity (Wildman–Crippen MR) is 76.1 cm³/mol. The number of carboxylic acids is 1. The number of aromatic nitrogens is 2. The fraction of sp³-hybridized carbons (Fsp3) is 0.462. The van der Waals surface area contributed by atoms with E-state index in [4.69, 9.17) is 4.74 Å². The van der Waals surface area contributed by atoms with Gasteiger partial charge in [0.1, 0.15) is 22.4 Å². The quantitative estimate of drug-likeness (QED) is 0.899. The Morgan fingerprint density at radius 1 is 1.60 bits per heavy atom. The van der Waals surface area contributed by atoms with Crippen LogP contribution >= 0.6 is 11.3 Å². The summed E-state index contributed by atoms with van der Waals surface area (Å²) in [6, 6.07) is 1.70. The van der Waals surface area contributed by atoms with Crippen LogP contribution in [0.1, 0.15) is 11.8 Å². The van der Waals surface area contributed by atoms with E-state index in [1.807, 2.05) is 13.0 Å². The lowest BCUT2D eigenvalue weighted by atomic mass is 9.85. The van der Waals surface area contributed by atoms with E-state index in [1.165, 1.54) is 6.33 Å². The minimum atomic E-state index is -0.942. The molecule has 0 saturated carbocycles. The molecule has 0 radical (unpaired) electrons. The lowest BCUT2D eigenvalue weighted by Gasteiger charge is -2.26. The Kier molecular flexibility index (Phi) is 3.10. The van der Waals surface area contributed by atoms with Crippen LogP contribution in [-0.2, 0) is 9.53 Å². The maximum atomic E-state index is 11.4. The second-order valence-corrected chi connectivity index (χ2v) is 6.47. The van der Waals surface area contributed by atoms with E-state index in [0.717, 1.165) is 15.1 Å². The predicted octanol–water partition coefficient (Wildman–Crippen LogP) is 1.90. The van der Waals surface area contributed by atoms with Crippen molar-refractivity contribution in [3.8, 4) is 0 Å². The van der Waals surface area contributed by atoms with Crippen molar-refractivity contribution >= 4 is 33.3 Å². The molecule has 0 spiro atoms. The minimum Gasteiger partial charge on any atom is -0.481 e. The first-order valence-corrected chi connectivity index (χ1v) is 7.11. The van der Waals surface area contributed by atoms with Gasteiger partial charge in [-0.3, -0.25) is 4.79 Å². The summed E-state index contributed by atoms with van der Waals surface area (Å²) in [4.78, 5) is 22.0. The van der Waals surface area contributed by atoms with Crippen molar-refractivity contribution < 1.29 is 14.6 Å². The number of aryl methyl sites for hydroxylation is 1. The first kappa shape index (κ1) is 13.3. The van der Waals surface area contributed by atoms with E-state index < -0.39 is 11.4 Å². The Balaban J connectivity index is 1.95. The third-order valence-corrected chi connectivity index (χ3v) is 4.67. The van der Waals surface area contributed by atoms with E-state index >= 15 is 0 Å². The highest BCUT2D eigenvalue weighted by Crippen LogP contribution is 2.33. The van der Waals surface area contributed by atoms with E-state index in [9.17, 15) is 9.90 Å². The molecule has 1 saturated heterocycles. The second-order valence-electron chi connectivity index (χ2n) is 5.23. The zero-order valence-corrected chi connectivity index (χ0v) is 12.0. The number of carbonyl (C=O) groups is 1. The number of hydrogen-bond acceptors (Lipinski definition) is 6. The Morgan fingerprint density at radius 3 is 3.15 bits per heavy atom. The van der Waals surface area contributed by atoms with Gasteiger partial charge in [0.25, 0.3) is 0 Å². The van der Waals surface area contributed by atoms with Gasteiger partial charge in [0, 0.05) is 4.88 Å². The van der Waals surface area contributed by atoms with Crippen molar-refractivity contribution in [3.63, 3.8) is 0 Å². The number of nitrogens with one attached hydrogen (secondary N) is 1. The number of rotatable bonds is 3. The molecule has 1 aliphatic heterocycles. The minimum absolute atomic E-state index is 0.205. The zero-order valence-electron chi connectivity index (χ0n) is 11.2. The highest BCUT2D eigenvalue weighted by atomic mass is 32.1. The molecule has 3 rings (SSSR count). The van der Waals surface area contributed by atoms with Crippen LogP contribution in [-0.4, -0.2) is 40.3 Å². The maximum Gasteiger partial charge on any atom is 0.313 e. The summed E-state index contributed by atoms with van der Waals surface area (Å²) < 4.78 is 5.34. The van der Waals surface area contributed by atoms with Crippen LogP contribution in [0, 0.1) is 12.3 Å². The summed E-state index contributed by atoms with van der Waals surface area (Å²) >= 11 is 1.59. The first-order chi connectivity index (χ1) is 9.50. The van der Waals surface area contributed by atoms with Crippen molar-refractivity contribution in [2.45, 2.75) is 19.9 Å². The second kappa shape index (κ2) is 4.68. The third kappa shape index (κ3) is 2.03. The van der Waals surface area contributed by atoms with Crippen LogP contribution in [0.15, 0.2) is 12.4 Å². The summed E-state index contributed by atoms with van der Waals surface area (Å²) in [5, 5.41) is 13.5. The van der Waals surface area contributed by atoms with Gasteiger partial charge in [-0.05, 0) is 19.9 Å². The van der Waals surface area contributed by atoms with Gasteiger partial charge in [0.15, 0.2) is 0 Å². The number of thiophene rings is 1. The smallest absolute Gasteiger partial charge is 0.313 e. The molecule has 6 nitrogen and oxygen atoms in total. The molecule has 2 atom stereocenters. The molecule has 0 aliphatic carbocycles. The maximum absolute atomic E-state index is 11.4. The van der Waals surface area contributed by atoms with Crippen LogP contribution in [0.5, 0.6) is 0 Å². The van der Waals surface area contributed by atoms with Crippen LogP contribution in [0.25, 0.3) is 10.2 Å².